The number of ether oxygens (including phenoxy) is 2. The minimum Gasteiger partial charge on any atom is -0.444 e. The van der Waals surface area contributed by atoms with Crippen molar-refractivity contribution in [3.05, 3.63) is 71.8 Å². The number of carbonyl (C=O) groups is 2. The summed E-state index contributed by atoms with van der Waals surface area (Å²) >= 11 is 0. The van der Waals surface area contributed by atoms with Crippen LogP contribution in [0.4, 0.5) is 9.59 Å². The van der Waals surface area contributed by atoms with E-state index < -0.39 is 23.4 Å². The van der Waals surface area contributed by atoms with Gasteiger partial charge >= 0.3 is 12.2 Å². The van der Waals surface area contributed by atoms with Crippen molar-refractivity contribution in [1.82, 2.24) is 10.6 Å². The van der Waals surface area contributed by atoms with E-state index in [9.17, 15) is 9.59 Å². The predicted octanol–water partition coefficient (Wildman–Crippen LogP) is 6.04. The van der Waals surface area contributed by atoms with E-state index in [1.807, 2.05) is 102 Å². The van der Waals surface area contributed by atoms with Crippen LogP contribution < -0.4 is 10.6 Å². The Morgan fingerprint density at radius 1 is 0.647 bits per heavy atom. The fraction of sp³-hybridized carbons (Fsp3) is 0.500. The van der Waals surface area contributed by atoms with Gasteiger partial charge in [0.05, 0.1) is 0 Å². The van der Waals surface area contributed by atoms with E-state index in [1.165, 1.54) is 0 Å². The van der Waals surface area contributed by atoms with E-state index in [1.54, 1.807) is 0 Å². The Balaban J connectivity index is 2.11. The molecule has 0 fully saturated rings. The summed E-state index contributed by atoms with van der Waals surface area (Å²) in [6, 6.07) is 19.8. The zero-order chi connectivity index (χ0) is 25.2. The van der Waals surface area contributed by atoms with Gasteiger partial charge in [-0.3, -0.25) is 0 Å². The van der Waals surface area contributed by atoms with E-state index in [2.05, 4.69) is 10.6 Å². The molecule has 2 rings (SSSR count). The second-order valence-corrected chi connectivity index (χ2v) is 10.6. The third-order valence-electron chi connectivity index (χ3n) is 4.96. The molecule has 0 saturated heterocycles. The monoisotopic (exact) mass is 468 g/mol. The molecule has 2 aromatic rings. The average Bonchev–Trinajstić information content (AvgIpc) is 2.70. The van der Waals surface area contributed by atoms with Crippen molar-refractivity contribution in [3.8, 4) is 0 Å². The molecule has 6 heteroatoms. The van der Waals surface area contributed by atoms with Gasteiger partial charge in [0.15, 0.2) is 0 Å². The molecule has 6 nitrogen and oxygen atoms in total. The molecule has 0 radical (unpaired) electrons. The highest BCUT2D eigenvalue weighted by Crippen LogP contribution is 2.15. The Kier molecular flexibility index (Phi) is 9.97. The maximum Gasteiger partial charge on any atom is 0.407 e. The Bertz CT molecular complexity index is 811. The topological polar surface area (TPSA) is 76.7 Å². The smallest absolute Gasteiger partial charge is 0.407 e. The van der Waals surface area contributed by atoms with Crippen LogP contribution in [0.15, 0.2) is 60.7 Å². The van der Waals surface area contributed by atoms with Gasteiger partial charge in [-0.15, -0.1) is 0 Å². The summed E-state index contributed by atoms with van der Waals surface area (Å²) in [6.07, 6.45) is 1.80. The zero-order valence-corrected chi connectivity index (χ0v) is 21.4. The molecule has 0 spiro atoms. The van der Waals surface area contributed by atoms with Crippen molar-refractivity contribution in [2.24, 2.45) is 0 Å². The van der Waals surface area contributed by atoms with E-state index in [0.717, 1.165) is 11.1 Å². The van der Waals surface area contributed by atoms with Gasteiger partial charge in [0.2, 0.25) is 0 Å². The first-order valence-corrected chi connectivity index (χ1v) is 12.0. The predicted molar refractivity (Wildman–Crippen MR) is 136 cm³/mol. The number of rotatable bonds is 9. The lowest BCUT2D eigenvalue weighted by molar-refractivity contribution is 0.0474. The molecule has 2 amide bonds. The normalized spacial score (nSPS) is 13.5. The number of benzene rings is 2. The fourth-order valence-corrected chi connectivity index (χ4v) is 3.60. The molecular formula is C28H40N2O4. The molecule has 186 valence electrons. The lowest BCUT2D eigenvalue weighted by atomic mass is 9.96. The lowest BCUT2D eigenvalue weighted by Crippen LogP contribution is -2.43. The van der Waals surface area contributed by atoms with Gasteiger partial charge in [-0.2, -0.15) is 0 Å². The fourth-order valence-electron chi connectivity index (χ4n) is 3.60. The number of hydrogen-bond acceptors (Lipinski definition) is 4. The summed E-state index contributed by atoms with van der Waals surface area (Å²) in [7, 11) is 0. The van der Waals surface area contributed by atoms with E-state index in [4.69, 9.17) is 9.47 Å². The summed E-state index contributed by atoms with van der Waals surface area (Å²) in [5.41, 5.74) is 1.11. The van der Waals surface area contributed by atoms with Crippen molar-refractivity contribution in [1.29, 1.82) is 0 Å². The molecule has 2 N–H and O–H groups in total. The summed E-state index contributed by atoms with van der Waals surface area (Å²) in [5.74, 6) is 0. The Morgan fingerprint density at radius 3 is 1.26 bits per heavy atom. The van der Waals surface area contributed by atoms with Crippen LogP contribution in [0.25, 0.3) is 0 Å². The molecule has 0 aliphatic heterocycles. The molecule has 0 unspecified atom stereocenters. The number of hydrogen-bond donors (Lipinski definition) is 2. The van der Waals surface area contributed by atoms with Gasteiger partial charge in [0.1, 0.15) is 11.2 Å². The van der Waals surface area contributed by atoms with Gasteiger partial charge in [-0.05, 0) is 78.4 Å². The lowest BCUT2D eigenvalue weighted by Gasteiger charge is -2.27. The number of alkyl carbamates (subject to hydrolysis) is 2. The Hall–Kier alpha value is -3.02. The highest BCUT2D eigenvalue weighted by atomic mass is 16.6. The second-order valence-electron chi connectivity index (χ2n) is 10.6. The maximum absolute atomic E-state index is 12.5. The number of nitrogens with one attached hydrogen (secondary N) is 2. The summed E-state index contributed by atoms with van der Waals surface area (Å²) in [6.45, 7) is 11.1. The zero-order valence-electron chi connectivity index (χ0n) is 21.4. The SMILES string of the molecule is CC(C)(C)OC(=O)N[C@@H](CC[C@@H](Cc1ccccc1)NC(=O)OC(C)(C)C)Cc1ccccc1. The van der Waals surface area contributed by atoms with Crippen molar-refractivity contribution in [2.75, 3.05) is 0 Å². The number of carbonyl (C=O) groups excluding carboxylic acids is 2. The summed E-state index contributed by atoms with van der Waals surface area (Å²) in [5, 5.41) is 6.06. The molecule has 0 aromatic heterocycles. The minimum absolute atomic E-state index is 0.143. The Morgan fingerprint density at radius 2 is 0.971 bits per heavy atom. The van der Waals surface area contributed by atoms with E-state index >= 15 is 0 Å². The largest absolute Gasteiger partial charge is 0.444 e. The summed E-state index contributed by atoms with van der Waals surface area (Å²) in [4.78, 5) is 25.0. The molecule has 0 saturated carbocycles. The number of amides is 2. The summed E-state index contributed by atoms with van der Waals surface area (Å²) < 4.78 is 11.0. The first-order valence-electron chi connectivity index (χ1n) is 12.0. The van der Waals surface area contributed by atoms with Gasteiger partial charge in [-0.25, -0.2) is 9.59 Å². The van der Waals surface area contributed by atoms with Crippen LogP contribution >= 0.6 is 0 Å². The van der Waals surface area contributed by atoms with Gasteiger partial charge in [0, 0.05) is 12.1 Å². The van der Waals surface area contributed by atoms with E-state index in [-0.39, 0.29) is 12.1 Å². The molecular weight excluding hydrogens is 428 g/mol. The van der Waals surface area contributed by atoms with Crippen molar-refractivity contribution >= 4 is 12.2 Å². The molecule has 0 heterocycles. The third-order valence-corrected chi connectivity index (χ3v) is 4.96. The average molecular weight is 469 g/mol. The molecule has 0 aliphatic carbocycles. The van der Waals surface area contributed by atoms with Crippen molar-refractivity contribution in [3.63, 3.8) is 0 Å². The van der Waals surface area contributed by atoms with Crippen molar-refractivity contribution in [2.45, 2.75) is 90.5 Å². The molecule has 0 bridgehead atoms. The first-order chi connectivity index (χ1) is 15.9. The maximum atomic E-state index is 12.5. The molecule has 0 aliphatic rings. The minimum atomic E-state index is -0.574. The Labute approximate surface area is 204 Å². The first kappa shape index (κ1) is 27.2. The van der Waals surface area contributed by atoms with Crippen LogP contribution in [-0.4, -0.2) is 35.5 Å². The molecule has 2 atom stereocenters. The van der Waals surface area contributed by atoms with Crippen LogP contribution in [0, 0.1) is 0 Å². The third kappa shape index (κ3) is 11.7. The highest BCUT2D eigenvalue weighted by molar-refractivity contribution is 5.68. The van der Waals surface area contributed by atoms with Gasteiger partial charge < -0.3 is 20.1 Å². The highest BCUT2D eigenvalue weighted by Gasteiger charge is 2.23. The van der Waals surface area contributed by atoms with Crippen LogP contribution in [0.3, 0.4) is 0 Å². The standard InChI is InChI=1S/C28H40N2O4/c1-27(2,3)33-25(31)29-23(19-21-13-9-7-10-14-21)17-18-24(20-22-15-11-8-12-16-22)30-26(32)34-28(4,5)6/h7-16,23-24H,17-20H2,1-6H3,(H,29,31)(H,30,32)/t23-,24-/m0/s1. The van der Waals surface area contributed by atoms with Crippen LogP contribution in [-0.2, 0) is 22.3 Å². The quantitative estimate of drug-likeness (QED) is 0.470. The molecule has 34 heavy (non-hydrogen) atoms. The van der Waals surface area contributed by atoms with Crippen molar-refractivity contribution < 1.29 is 19.1 Å². The van der Waals surface area contributed by atoms with E-state index in [0.29, 0.717) is 25.7 Å². The van der Waals surface area contributed by atoms with Crippen LogP contribution in [0.5, 0.6) is 0 Å². The molecule has 2 aromatic carbocycles. The van der Waals surface area contributed by atoms with Crippen LogP contribution in [0.2, 0.25) is 0 Å². The van der Waals surface area contributed by atoms with Gasteiger partial charge in [-0.1, -0.05) is 60.7 Å². The second kappa shape index (κ2) is 12.4. The van der Waals surface area contributed by atoms with Gasteiger partial charge in [0.25, 0.3) is 0 Å². The van der Waals surface area contributed by atoms with Crippen LogP contribution in [0.1, 0.15) is 65.5 Å².